The van der Waals surface area contributed by atoms with Crippen LogP contribution in [0.5, 0.6) is 5.75 Å². The maximum Gasteiger partial charge on any atom is 0.234 e. The van der Waals surface area contributed by atoms with Crippen molar-refractivity contribution in [3.63, 3.8) is 0 Å². The molecule has 0 saturated carbocycles. The lowest BCUT2D eigenvalue weighted by atomic mass is 10.1. The van der Waals surface area contributed by atoms with Gasteiger partial charge in [0.2, 0.25) is 5.91 Å². The molecule has 0 heterocycles. The van der Waals surface area contributed by atoms with E-state index < -0.39 is 0 Å². The van der Waals surface area contributed by atoms with Crippen LogP contribution in [0, 0.1) is 0 Å². The van der Waals surface area contributed by atoms with Crippen LogP contribution in [0.25, 0.3) is 0 Å². The van der Waals surface area contributed by atoms with E-state index in [-0.39, 0.29) is 5.91 Å². The second-order valence-electron chi connectivity index (χ2n) is 5.18. The van der Waals surface area contributed by atoms with Crippen LogP contribution in [0.1, 0.15) is 11.1 Å². The smallest absolute Gasteiger partial charge is 0.234 e. The van der Waals surface area contributed by atoms with Crippen LogP contribution in [0.4, 0.5) is 0 Å². The van der Waals surface area contributed by atoms with Crippen molar-refractivity contribution < 1.29 is 9.53 Å². The number of ether oxygens (including phenoxy) is 1. The minimum absolute atomic E-state index is 0.0188. The monoisotopic (exact) mass is 332 g/mol. The zero-order chi connectivity index (χ0) is 16.5. The molecule has 5 heteroatoms. The van der Waals surface area contributed by atoms with E-state index in [2.05, 4.69) is 10.6 Å². The van der Waals surface area contributed by atoms with E-state index in [1.807, 2.05) is 48.5 Å². The summed E-state index contributed by atoms with van der Waals surface area (Å²) in [6.45, 7) is 1.57. The second kappa shape index (κ2) is 9.18. The largest absolute Gasteiger partial charge is 0.497 e. The molecule has 2 N–H and O–H groups in total. The maximum atomic E-state index is 11.8. The summed E-state index contributed by atoms with van der Waals surface area (Å²) < 4.78 is 5.12. The highest BCUT2D eigenvalue weighted by molar-refractivity contribution is 6.30. The molecular formula is C18H21ClN2O2. The number of halogens is 1. The fourth-order valence-corrected chi connectivity index (χ4v) is 2.22. The van der Waals surface area contributed by atoms with Crippen molar-refractivity contribution in [1.82, 2.24) is 10.6 Å². The molecule has 0 spiro atoms. The first-order valence-electron chi connectivity index (χ1n) is 7.52. The number of hydrogen-bond acceptors (Lipinski definition) is 3. The van der Waals surface area contributed by atoms with Gasteiger partial charge in [-0.15, -0.1) is 0 Å². The van der Waals surface area contributed by atoms with Crippen LogP contribution >= 0.6 is 11.6 Å². The first kappa shape index (κ1) is 17.3. The zero-order valence-electron chi connectivity index (χ0n) is 13.1. The average molecular weight is 333 g/mol. The molecular weight excluding hydrogens is 312 g/mol. The van der Waals surface area contributed by atoms with Crippen LogP contribution in [-0.4, -0.2) is 26.1 Å². The number of methoxy groups -OCH3 is 1. The Morgan fingerprint density at radius 1 is 1.04 bits per heavy atom. The highest BCUT2D eigenvalue weighted by Gasteiger charge is 2.01. The molecule has 0 aliphatic rings. The van der Waals surface area contributed by atoms with E-state index in [1.54, 1.807) is 7.11 Å². The van der Waals surface area contributed by atoms with Gasteiger partial charge in [-0.2, -0.15) is 0 Å². The number of rotatable bonds is 8. The number of amides is 1. The van der Waals surface area contributed by atoms with E-state index in [9.17, 15) is 4.79 Å². The van der Waals surface area contributed by atoms with Crippen LogP contribution in [0.15, 0.2) is 48.5 Å². The van der Waals surface area contributed by atoms with Crippen molar-refractivity contribution in [2.75, 3.05) is 20.2 Å². The van der Waals surface area contributed by atoms with Crippen LogP contribution in [0.3, 0.4) is 0 Å². The van der Waals surface area contributed by atoms with Crippen LogP contribution < -0.4 is 15.4 Å². The predicted octanol–water partition coefficient (Wildman–Crippen LogP) is 2.80. The van der Waals surface area contributed by atoms with Crippen molar-refractivity contribution in [2.45, 2.75) is 13.0 Å². The Morgan fingerprint density at radius 3 is 2.35 bits per heavy atom. The lowest BCUT2D eigenvalue weighted by molar-refractivity contribution is -0.120. The number of nitrogens with one attached hydrogen (secondary N) is 2. The third-order valence-corrected chi connectivity index (χ3v) is 3.69. The van der Waals surface area contributed by atoms with Crippen molar-refractivity contribution in [2.24, 2.45) is 0 Å². The highest BCUT2D eigenvalue weighted by atomic mass is 35.5. The lowest BCUT2D eigenvalue weighted by Gasteiger charge is -2.07. The highest BCUT2D eigenvalue weighted by Crippen LogP contribution is 2.11. The number of carbonyl (C=O) groups is 1. The number of benzene rings is 2. The number of hydrogen-bond donors (Lipinski definition) is 2. The van der Waals surface area contributed by atoms with Crippen molar-refractivity contribution >= 4 is 17.5 Å². The molecule has 122 valence electrons. The van der Waals surface area contributed by atoms with Gasteiger partial charge in [0.25, 0.3) is 0 Å². The summed E-state index contributed by atoms with van der Waals surface area (Å²) in [5.74, 6) is 0.831. The van der Waals surface area contributed by atoms with E-state index in [0.717, 1.165) is 24.3 Å². The Hall–Kier alpha value is -2.04. The zero-order valence-corrected chi connectivity index (χ0v) is 13.9. The fraction of sp³-hybridized carbons (Fsp3) is 0.278. The first-order chi connectivity index (χ1) is 11.2. The van der Waals surface area contributed by atoms with E-state index in [0.29, 0.717) is 18.1 Å². The molecule has 0 radical (unpaired) electrons. The molecule has 0 bridgehead atoms. The van der Waals surface area contributed by atoms with Gasteiger partial charge < -0.3 is 15.4 Å². The molecule has 2 aromatic rings. The molecule has 0 aromatic heterocycles. The summed E-state index contributed by atoms with van der Waals surface area (Å²) in [5, 5.41) is 6.71. The maximum absolute atomic E-state index is 11.8. The average Bonchev–Trinajstić information content (AvgIpc) is 2.59. The van der Waals surface area contributed by atoms with Crippen molar-refractivity contribution in [3.8, 4) is 5.75 Å². The fourth-order valence-electron chi connectivity index (χ4n) is 2.09. The predicted molar refractivity (Wildman–Crippen MR) is 92.9 cm³/mol. The molecule has 2 aromatic carbocycles. The summed E-state index contributed by atoms with van der Waals surface area (Å²) in [5.41, 5.74) is 2.24. The second-order valence-corrected chi connectivity index (χ2v) is 5.61. The quantitative estimate of drug-likeness (QED) is 0.731. The van der Waals surface area contributed by atoms with Gasteiger partial charge in [-0.3, -0.25) is 4.79 Å². The van der Waals surface area contributed by atoms with Gasteiger partial charge in [-0.1, -0.05) is 35.9 Å². The van der Waals surface area contributed by atoms with Crippen molar-refractivity contribution in [1.29, 1.82) is 0 Å². The van der Waals surface area contributed by atoms with E-state index in [1.165, 1.54) is 5.56 Å². The molecule has 0 atom stereocenters. The standard InChI is InChI=1S/C18H21ClN2O2/c1-23-17-8-4-14(5-9-17)10-11-20-13-18(22)21-12-15-2-6-16(19)7-3-15/h2-9,20H,10-13H2,1H3,(H,21,22). The Labute approximate surface area is 141 Å². The first-order valence-corrected chi connectivity index (χ1v) is 7.90. The summed E-state index contributed by atoms with van der Waals surface area (Å²) in [6, 6.07) is 15.4. The number of carbonyl (C=O) groups excluding carboxylic acids is 1. The minimum Gasteiger partial charge on any atom is -0.497 e. The molecule has 0 aliphatic heterocycles. The van der Waals surface area contributed by atoms with Crippen LogP contribution in [0.2, 0.25) is 5.02 Å². The Morgan fingerprint density at radius 2 is 1.70 bits per heavy atom. The molecule has 4 nitrogen and oxygen atoms in total. The summed E-state index contributed by atoms with van der Waals surface area (Å²) >= 11 is 5.82. The van der Waals surface area contributed by atoms with Gasteiger partial charge in [0.1, 0.15) is 5.75 Å². The normalized spacial score (nSPS) is 10.3. The van der Waals surface area contributed by atoms with Gasteiger partial charge in [0, 0.05) is 11.6 Å². The minimum atomic E-state index is -0.0188. The summed E-state index contributed by atoms with van der Waals surface area (Å²) in [7, 11) is 1.65. The molecule has 1 amide bonds. The summed E-state index contributed by atoms with van der Waals surface area (Å²) in [6.07, 6.45) is 0.870. The Kier molecular flexibility index (Phi) is 6.91. The third-order valence-electron chi connectivity index (χ3n) is 3.44. The van der Waals surface area contributed by atoms with E-state index >= 15 is 0 Å². The Balaban J connectivity index is 1.61. The van der Waals surface area contributed by atoms with Gasteiger partial charge in [-0.25, -0.2) is 0 Å². The molecule has 0 aliphatic carbocycles. The molecule has 0 unspecified atom stereocenters. The summed E-state index contributed by atoms with van der Waals surface area (Å²) in [4.78, 5) is 11.8. The van der Waals surface area contributed by atoms with Crippen LogP contribution in [-0.2, 0) is 17.8 Å². The third kappa shape index (κ3) is 6.30. The van der Waals surface area contributed by atoms with Crippen molar-refractivity contribution in [3.05, 3.63) is 64.7 Å². The van der Waals surface area contributed by atoms with Gasteiger partial charge >= 0.3 is 0 Å². The van der Waals surface area contributed by atoms with E-state index in [4.69, 9.17) is 16.3 Å². The molecule has 2 rings (SSSR count). The van der Waals surface area contributed by atoms with Gasteiger partial charge in [0.05, 0.1) is 13.7 Å². The molecule has 0 fully saturated rings. The Bertz CT molecular complexity index is 612. The SMILES string of the molecule is COc1ccc(CCNCC(=O)NCc2ccc(Cl)cc2)cc1. The lowest BCUT2D eigenvalue weighted by Crippen LogP contribution is -2.34. The molecule has 23 heavy (non-hydrogen) atoms. The van der Waals surface area contributed by atoms with Gasteiger partial charge in [-0.05, 0) is 48.4 Å². The van der Waals surface area contributed by atoms with Gasteiger partial charge in [0.15, 0.2) is 0 Å². The topological polar surface area (TPSA) is 50.4 Å². The molecule has 0 saturated heterocycles.